The molecule has 0 atom stereocenters. The molecule has 0 radical (unpaired) electrons. The molecule has 1 aliphatic rings. The molecular formula is C6H8O4. The molecule has 1 rings (SSSR count). The van der Waals surface area contributed by atoms with Crippen LogP contribution in [0.15, 0.2) is 0 Å². The molecular weight excluding hydrogens is 136 g/mol. The average Bonchev–Trinajstić information content (AvgIpc) is 1.81. The van der Waals surface area contributed by atoms with Gasteiger partial charge in [0.1, 0.15) is 6.40 Å². The van der Waals surface area contributed by atoms with Crippen LogP contribution in [-0.2, 0) is 19.1 Å². The summed E-state index contributed by atoms with van der Waals surface area (Å²) >= 11 is 0. The Morgan fingerprint density at radius 3 is 2.20 bits per heavy atom. The summed E-state index contributed by atoms with van der Waals surface area (Å²) in [5, 5.41) is 0. The fourth-order valence-electron chi connectivity index (χ4n) is 0.660. The van der Waals surface area contributed by atoms with Gasteiger partial charge in [0.25, 0.3) is 5.79 Å². The highest BCUT2D eigenvalue weighted by molar-refractivity contribution is 5.92. The normalized spacial score (nSPS) is 26.8. The lowest BCUT2D eigenvalue weighted by molar-refractivity contribution is -0.231. The quantitative estimate of drug-likeness (QED) is 0.361. The van der Waals surface area contributed by atoms with E-state index in [1.807, 2.05) is 0 Å². The van der Waals surface area contributed by atoms with Gasteiger partial charge >= 0.3 is 11.9 Å². The van der Waals surface area contributed by atoms with Crippen molar-refractivity contribution in [1.82, 2.24) is 0 Å². The number of ether oxygens (including phenoxy) is 2. The maximum absolute atomic E-state index is 10.7. The molecule has 0 aromatic carbocycles. The number of carbonyl (C=O) groups is 2. The lowest BCUT2D eigenvalue weighted by Gasteiger charge is -2.28. The number of hydrogen-bond acceptors (Lipinski definition) is 4. The number of hydrogen-bond donors (Lipinski definition) is 0. The largest absolute Gasteiger partial charge is 0.423 e. The molecule has 1 aliphatic heterocycles. The van der Waals surface area contributed by atoms with Crippen molar-refractivity contribution in [3.05, 3.63) is 0 Å². The molecule has 4 nitrogen and oxygen atoms in total. The standard InChI is InChI=1S/C6H8O4/c1-6(2)9-4(7)3-5(8)10-6/h3H2,1-2H3/i3D. The molecule has 0 aromatic heterocycles. The molecule has 4 heteroatoms. The Morgan fingerprint density at radius 1 is 1.40 bits per heavy atom. The van der Waals surface area contributed by atoms with Gasteiger partial charge in [-0.3, -0.25) is 9.59 Å². The maximum Gasteiger partial charge on any atom is 0.320 e. The summed E-state index contributed by atoms with van der Waals surface area (Å²) in [5.41, 5.74) is 0. The molecule has 0 amide bonds. The fraction of sp³-hybridized carbons (Fsp3) is 0.667. The second kappa shape index (κ2) is 1.97. The molecule has 56 valence electrons. The highest BCUT2D eigenvalue weighted by atomic mass is 16.7. The Labute approximate surface area is 59.5 Å². The van der Waals surface area contributed by atoms with Gasteiger partial charge in [-0.1, -0.05) is 0 Å². The van der Waals surface area contributed by atoms with Crippen LogP contribution in [0.25, 0.3) is 0 Å². The molecule has 0 N–H and O–H groups in total. The van der Waals surface area contributed by atoms with Gasteiger partial charge in [0, 0.05) is 13.8 Å². The minimum atomic E-state index is -1.54. The van der Waals surface area contributed by atoms with E-state index < -0.39 is 24.1 Å². The SMILES string of the molecule is [2H]C1C(=O)OC(C)(C)OC1=O. The van der Waals surface area contributed by atoms with Crippen molar-refractivity contribution in [3.63, 3.8) is 0 Å². The molecule has 0 spiro atoms. The van der Waals surface area contributed by atoms with Crippen LogP contribution < -0.4 is 0 Å². The molecule has 1 heterocycles. The lowest BCUT2D eigenvalue weighted by Crippen LogP contribution is -2.39. The van der Waals surface area contributed by atoms with Crippen LogP contribution in [-0.4, -0.2) is 17.7 Å². The van der Waals surface area contributed by atoms with E-state index >= 15 is 0 Å². The Hall–Kier alpha value is -1.06. The van der Waals surface area contributed by atoms with Gasteiger partial charge in [-0.25, -0.2) is 0 Å². The first-order valence-corrected chi connectivity index (χ1v) is 2.80. The van der Waals surface area contributed by atoms with Crippen LogP contribution in [0.1, 0.15) is 21.6 Å². The lowest BCUT2D eigenvalue weighted by atomic mass is 10.3. The zero-order chi connectivity index (χ0) is 8.65. The number of esters is 2. The Balaban J connectivity index is 2.78. The zero-order valence-electron chi connectivity index (χ0n) is 6.71. The summed E-state index contributed by atoms with van der Waals surface area (Å²) in [6, 6.07) is 0. The van der Waals surface area contributed by atoms with E-state index in [0.717, 1.165) is 0 Å². The first-order valence-electron chi connectivity index (χ1n) is 3.38. The van der Waals surface area contributed by atoms with Crippen LogP contribution in [0, 0.1) is 0 Å². The van der Waals surface area contributed by atoms with Gasteiger partial charge in [0.05, 0.1) is 1.37 Å². The van der Waals surface area contributed by atoms with Crippen molar-refractivity contribution in [3.8, 4) is 0 Å². The van der Waals surface area contributed by atoms with E-state index in [4.69, 9.17) is 1.37 Å². The maximum atomic E-state index is 10.7. The molecule has 10 heavy (non-hydrogen) atoms. The first kappa shape index (κ1) is 5.70. The van der Waals surface area contributed by atoms with Gasteiger partial charge in [-0.15, -0.1) is 0 Å². The zero-order valence-corrected chi connectivity index (χ0v) is 5.71. The van der Waals surface area contributed by atoms with Gasteiger partial charge in [-0.2, -0.15) is 0 Å². The topological polar surface area (TPSA) is 52.6 Å². The van der Waals surface area contributed by atoms with Crippen molar-refractivity contribution < 1.29 is 20.4 Å². The monoisotopic (exact) mass is 145 g/mol. The van der Waals surface area contributed by atoms with Gasteiger partial charge in [0.2, 0.25) is 0 Å². The van der Waals surface area contributed by atoms with Gasteiger partial charge in [0.15, 0.2) is 0 Å². The van der Waals surface area contributed by atoms with Crippen LogP contribution in [0.3, 0.4) is 0 Å². The van der Waals surface area contributed by atoms with Crippen LogP contribution in [0.4, 0.5) is 0 Å². The predicted octanol–water partition coefficient (Wildman–Crippen LogP) is 0.213. The van der Waals surface area contributed by atoms with Crippen molar-refractivity contribution >= 4 is 11.9 Å². The van der Waals surface area contributed by atoms with E-state index in [-0.39, 0.29) is 0 Å². The Kier molecular flexibility index (Phi) is 1.12. The first-order chi connectivity index (χ1) is 4.92. The summed E-state index contributed by atoms with van der Waals surface area (Å²) < 4.78 is 16.1. The minimum Gasteiger partial charge on any atom is -0.423 e. The van der Waals surface area contributed by atoms with E-state index in [1.165, 1.54) is 13.8 Å². The molecule has 0 aliphatic carbocycles. The second-order valence-electron chi connectivity index (χ2n) is 2.39. The fourth-order valence-corrected chi connectivity index (χ4v) is 0.660. The number of rotatable bonds is 0. The molecule has 1 saturated heterocycles. The van der Waals surface area contributed by atoms with Crippen LogP contribution in [0.2, 0.25) is 0 Å². The van der Waals surface area contributed by atoms with Crippen molar-refractivity contribution in [1.29, 1.82) is 0 Å². The summed E-state index contributed by atoms with van der Waals surface area (Å²) in [7, 11) is 0. The smallest absolute Gasteiger partial charge is 0.320 e. The van der Waals surface area contributed by atoms with Crippen LogP contribution >= 0.6 is 0 Å². The van der Waals surface area contributed by atoms with Crippen LogP contribution in [0.5, 0.6) is 0 Å². The third-order valence-electron chi connectivity index (χ3n) is 0.928. The predicted molar refractivity (Wildman–Crippen MR) is 30.9 cm³/mol. The highest BCUT2D eigenvalue weighted by Crippen LogP contribution is 2.18. The summed E-state index contributed by atoms with van der Waals surface area (Å²) in [6.07, 6.45) is -1.54. The number of cyclic esters (lactones) is 2. The van der Waals surface area contributed by atoms with E-state index in [1.54, 1.807) is 0 Å². The third kappa shape index (κ3) is 1.46. The van der Waals surface area contributed by atoms with Crippen molar-refractivity contribution in [2.75, 3.05) is 0 Å². The molecule has 1 fully saturated rings. The Morgan fingerprint density at radius 2 is 1.80 bits per heavy atom. The number of carbonyl (C=O) groups excluding carboxylic acids is 2. The van der Waals surface area contributed by atoms with E-state index in [9.17, 15) is 9.59 Å². The highest BCUT2D eigenvalue weighted by Gasteiger charge is 2.34. The summed E-state index contributed by atoms with van der Waals surface area (Å²) in [6.45, 7) is 2.88. The van der Waals surface area contributed by atoms with E-state index in [0.29, 0.717) is 0 Å². The van der Waals surface area contributed by atoms with Crippen molar-refractivity contribution in [2.24, 2.45) is 0 Å². The molecule has 0 aromatic rings. The molecule has 0 unspecified atom stereocenters. The van der Waals surface area contributed by atoms with Gasteiger partial charge in [-0.05, 0) is 0 Å². The molecule has 0 bridgehead atoms. The van der Waals surface area contributed by atoms with Gasteiger partial charge < -0.3 is 9.47 Å². The van der Waals surface area contributed by atoms with E-state index in [2.05, 4.69) is 9.47 Å². The minimum absolute atomic E-state index is 0.855. The van der Waals surface area contributed by atoms with Crippen molar-refractivity contribution in [2.45, 2.75) is 26.0 Å². The molecule has 0 saturated carbocycles. The summed E-state index contributed by atoms with van der Waals surface area (Å²) in [5.74, 6) is -2.93. The average molecular weight is 145 g/mol. The third-order valence-corrected chi connectivity index (χ3v) is 0.928. The Bertz CT molecular complexity index is 191. The summed E-state index contributed by atoms with van der Waals surface area (Å²) in [4.78, 5) is 21.4. The second-order valence-corrected chi connectivity index (χ2v) is 2.39.